The molecular weight excluding hydrogens is 284 g/mol. The Morgan fingerprint density at radius 3 is 2.76 bits per heavy atom. The third-order valence-electron chi connectivity index (χ3n) is 3.27. The first-order valence-electron chi connectivity index (χ1n) is 7.02. The molecule has 1 aromatic carbocycles. The average molecular weight is 306 g/mol. The van der Waals surface area contributed by atoms with E-state index in [-0.39, 0.29) is 5.97 Å². The summed E-state index contributed by atoms with van der Waals surface area (Å²) in [5, 5.41) is 0. The number of rotatable bonds is 6. The van der Waals surface area contributed by atoms with Crippen LogP contribution in [0, 0.1) is 0 Å². The highest BCUT2D eigenvalue weighted by atomic mass is 28.3. The van der Waals surface area contributed by atoms with E-state index in [0.29, 0.717) is 12.3 Å². The highest BCUT2D eigenvalue weighted by Gasteiger charge is 2.12. The zero-order chi connectivity index (χ0) is 15.5. The second-order valence-corrected chi connectivity index (χ2v) is 11.9. The number of esters is 1. The fourth-order valence-corrected chi connectivity index (χ4v) is 2.71. The number of hydrogen-bond donors (Lipinski definition) is 0. The molecule has 0 bridgehead atoms. The molecule has 0 saturated heterocycles. The summed E-state index contributed by atoms with van der Waals surface area (Å²) in [4.78, 5) is 15.8. The first-order chi connectivity index (χ1) is 9.90. The minimum absolute atomic E-state index is 0.349. The number of hydrogen-bond acceptors (Lipinski definition) is 4. The summed E-state index contributed by atoms with van der Waals surface area (Å²) in [6.07, 6.45) is 1.74. The fraction of sp³-hybridized carbons (Fsp3) is 0.467. The van der Waals surface area contributed by atoms with Crippen LogP contribution >= 0.6 is 0 Å². The van der Waals surface area contributed by atoms with Crippen molar-refractivity contribution < 1.29 is 14.3 Å². The van der Waals surface area contributed by atoms with E-state index in [1.165, 1.54) is 7.11 Å². The average Bonchev–Trinajstić information content (AvgIpc) is 2.84. The van der Waals surface area contributed by atoms with Gasteiger partial charge in [0.25, 0.3) is 0 Å². The largest absolute Gasteiger partial charge is 0.465 e. The molecule has 0 radical (unpaired) electrons. The van der Waals surface area contributed by atoms with Crippen LogP contribution in [0.1, 0.15) is 10.4 Å². The number of carbonyl (C=O) groups is 1. The van der Waals surface area contributed by atoms with Crippen molar-refractivity contribution >= 4 is 25.1 Å². The smallest absolute Gasteiger partial charge is 0.337 e. The van der Waals surface area contributed by atoms with Gasteiger partial charge in [0, 0.05) is 14.7 Å². The Morgan fingerprint density at radius 1 is 1.33 bits per heavy atom. The maximum atomic E-state index is 11.5. The topological polar surface area (TPSA) is 53.3 Å². The quantitative estimate of drug-likeness (QED) is 0.467. The number of carbonyl (C=O) groups excluding carboxylic acids is 1. The molecule has 0 N–H and O–H groups in total. The van der Waals surface area contributed by atoms with Crippen LogP contribution in [0.2, 0.25) is 25.7 Å². The van der Waals surface area contributed by atoms with Crippen LogP contribution in [0.4, 0.5) is 0 Å². The van der Waals surface area contributed by atoms with Crippen LogP contribution in [-0.2, 0) is 16.2 Å². The fourth-order valence-electron chi connectivity index (χ4n) is 1.95. The monoisotopic (exact) mass is 306 g/mol. The Morgan fingerprint density at radius 2 is 2.10 bits per heavy atom. The summed E-state index contributed by atoms with van der Waals surface area (Å²) < 4.78 is 12.4. The molecule has 114 valence electrons. The number of nitrogens with zero attached hydrogens (tertiary/aromatic N) is 2. The molecule has 0 aliphatic carbocycles. The number of methoxy groups -OCH3 is 1. The van der Waals surface area contributed by atoms with Crippen LogP contribution in [0.5, 0.6) is 0 Å². The summed E-state index contributed by atoms with van der Waals surface area (Å²) >= 11 is 0. The number of imidazole rings is 1. The third-order valence-corrected chi connectivity index (χ3v) is 4.97. The summed E-state index contributed by atoms with van der Waals surface area (Å²) in [5.74, 6) is -0.349. The number of benzene rings is 1. The zero-order valence-corrected chi connectivity index (χ0v) is 14.0. The predicted octanol–water partition coefficient (Wildman–Crippen LogP) is 3.14. The molecule has 6 heteroatoms. The lowest BCUT2D eigenvalue weighted by atomic mass is 10.2. The van der Waals surface area contributed by atoms with Gasteiger partial charge in [0.15, 0.2) is 0 Å². The first-order valence-corrected chi connectivity index (χ1v) is 10.7. The minimum Gasteiger partial charge on any atom is -0.465 e. The molecule has 0 atom stereocenters. The minimum atomic E-state index is -1.06. The normalized spacial score (nSPS) is 11.8. The van der Waals surface area contributed by atoms with Crippen molar-refractivity contribution in [1.82, 2.24) is 9.55 Å². The maximum Gasteiger partial charge on any atom is 0.337 e. The third kappa shape index (κ3) is 4.15. The van der Waals surface area contributed by atoms with Gasteiger partial charge in [-0.15, -0.1) is 0 Å². The highest BCUT2D eigenvalue weighted by Crippen LogP contribution is 2.16. The van der Waals surface area contributed by atoms with Crippen molar-refractivity contribution in [3.63, 3.8) is 0 Å². The molecule has 1 heterocycles. The summed E-state index contributed by atoms with van der Waals surface area (Å²) in [7, 11) is 0.314. The highest BCUT2D eigenvalue weighted by molar-refractivity contribution is 6.76. The first kappa shape index (κ1) is 15.7. The molecule has 0 saturated carbocycles. The van der Waals surface area contributed by atoms with Gasteiger partial charge < -0.3 is 14.0 Å². The van der Waals surface area contributed by atoms with Crippen LogP contribution in [0.15, 0.2) is 24.5 Å². The molecule has 2 rings (SSSR count). The Balaban J connectivity index is 2.03. The van der Waals surface area contributed by atoms with Gasteiger partial charge in [-0.05, 0) is 24.2 Å². The van der Waals surface area contributed by atoms with E-state index in [9.17, 15) is 4.79 Å². The summed E-state index contributed by atoms with van der Waals surface area (Å²) in [6, 6.07) is 6.50. The van der Waals surface area contributed by atoms with Crippen molar-refractivity contribution in [2.45, 2.75) is 32.4 Å². The van der Waals surface area contributed by atoms with Crippen molar-refractivity contribution in [3.8, 4) is 0 Å². The lowest BCUT2D eigenvalue weighted by Gasteiger charge is -2.15. The standard InChI is InChI=1S/C15H22N2O3Si/c1-19-15(18)12-5-6-14-13(9-12)16-10-17(14)11-20-7-8-21(2,3)4/h5-6,9-10H,7-8,11H2,1-4H3. The molecule has 1 aromatic heterocycles. The maximum absolute atomic E-state index is 11.5. The van der Waals surface area contributed by atoms with Crippen LogP contribution in [0.25, 0.3) is 11.0 Å². The Hall–Kier alpha value is -1.66. The van der Waals surface area contributed by atoms with Gasteiger partial charge in [-0.3, -0.25) is 0 Å². The molecule has 0 aliphatic heterocycles. The van der Waals surface area contributed by atoms with Crippen molar-refractivity contribution in [1.29, 1.82) is 0 Å². The van der Waals surface area contributed by atoms with Crippen LogP contribution in [-0.4, -0.2) is 37.3 Å². The molecule has 0 fully saturated rings. The van der Waals surface area contributed by atoms with Crippen LogP contribution < -0.4 is 0 Å². The van der Waals surface area contributed by atoms with E-state index in [1.807, 2.05) is 10.6 Å². The Kier molecular flexibility index (Phi) is 4.79. The Labute approximate surface area is 125 Å². The van der Waals surface area contributed by atoms with Crippen molar-refractivity contribution in [2.24, 2.45) is 0 Å². The van der Waals surface area contributed by atoms with E-state index in [2.05, 4.69) is 24.6 Å². The van der Waals surface area contributed by atoms with Crippen molar-refractivity contribution in [3.05, 3.63) is 30.1 Å². The van der Waals surface area contributed by atoms with E-state index < -0.39 is 8.07 Å². The van der Waals surface area contributed by atoms with Gasteiger partial charge in [0.1, 0.15) is 6.73 Å². The van der Waals surface area contributed by atoms with Gasteiger partial charge in [-0.25, -0.2) is 9.78 Å². The molecule has 21 heavy (non-hydrogen) atoms. The predicted molar refractivity (Wildman–Crippen MR) is 85.2 cm³/mol. The van der Waals surface area contributed by atoms with Gasteiger partial charge in [0.2, 0.25) is 0 Å². The molecule has 0 spiro atoms. The van der Waals surface area contributed by atoms with Gasteiger partial charge in [-0.2, -0.15) is 0 Å². The van der Waals surface area contributed by atoms with Crippen LogP contribution in [0.3, 0.4) is 0 Å². The molecule has 2 aromatic rings. The van der Waals surface area contributed by atoms with E-state index >= 15 is 0 Å². The molecule has 5 nitrogen and oxygen atoms in total. The SMILES string of the molecule is COC(=O)c1ccc2c(c1)ncn2COCC[Si](C)(C)C. The molecule has 0 unspecified atom stereocenters. The van der Waals surface area contributed by atoms with E-state index in [0.717, 1.165) is 23.7 Å². The lowest BCUT2D eigenvalue weighted by Crippen LogP contribution is -2.21. The van der Waals surface area contributed by atoms with E-state index in [4.69, 9.17) is 9.47 Å². The Bertz CT molecular complexity index is 631. The van der Waals surface area contributed by atoms with Crippen molar-refractivity contribution in [2.75, 3.05) is 13.7 Å². The van der Waals surface area contributed by atoms with E-state index in [1.54, 1.807) is 18.5 Å². The van der Waals surface area contributed by atoms with Gasteiger partial charge in [0.05, 0.1) is 30.0 Å². The number of aromatic nitrogens is 2. The lowest BCUT2D eigenvalue weighted by molar-refractivity contribution is 0.0601. The molecule has 0 aliphatic rings. The zero-order valence-electron chi connectivity index (χ0n) is 13.0. The summed E-state index contributed by atoms with van der Waals surface area (Å²) in [6.45, 7) is 8.25. The van der Waals surface area contributed by atoms with Gasteiger partial charge in [-0.1, -0.05) is 19.6 Å². The van der Waals surface area contributed by atoms with Gasteiger partial charge >= 0.3 is 5.97 Å². The molecular formula is C15H22N2O3Si. The summed E-state index contributed by atoms with van der Waals surface area (Å²) in [5.41, 5.74) is 2.23. The number of ether oxygens (including phenoxy) is 2. The molecule has 0 amide bonds. The second kappa shape index (κ2) is 6.40. The second-order valence-electron chi connectivity index (χ2n) is 6.26. The number of fused-ring (bicyclic) bond motifs is 1.